The van der Waals surface area contributed by atoms with Crippen LogP contribution in [0, 0.1) is 19.8 Å². The van der Waals surface area contributed by atoms with E-state index in [0.29, 0.717) is 36.4 Å². The summed E-state index contributed by atoms with van der Waals surface area (Å²) in [5, 5.41) is 7.09. The summed E-state index contributed by atoms with van der Waals surface area (Å²) in [5.74, 6) is 1.72. The van der Waals surface area contributed by atoms with Crippen molar-refractivity contribution in [3.8, 4) is 0 Å². The van der Waals surface area contributed by atoms with Crippen molar-refractivity contribution >= 4 is 5.91 Å². The van der Waals surface area contributed by atoms with Gasteiger partial charge in [-0.15, -0.1) is 0 Å². The summed E-state index contributed by atoms with van der Waals surface area (Å²) in [6.07, 6.45) is 1.65. The Balaban J connectivity index is 1.85. The van der Waals surface area contributed by atoms with Crippen molar-refractivity contribution in [2.75, 3.05) is 13.2 Å². The minimum atomic E-state index is -0.359. The molecule has 1 atom stereocenters. The first-order chi connectivity index (χ1) is 12.4. The molecule has 1 N–H and O–H groups in total. The van der Waals surface area contributed by atoms with Crippen LogP contribution in [0.25, 0.3) is 0 Å². The zero-order chi connectivity index (χ0) is 18.7. The van der Waals surface area contributed by atoms with E-state index in [1.165, 1.54) is 0 Å². The minimum absolute atomic E-state index is 0.158. The lowest BCUT2D eigenvalue weighted by Crippen LogP contribution is -2.36. The zero-order valence-electron chi connectivity index (χ0n) is 15.7. The van der Waals surface area contributed by atoms with E-state index in [2.05, 4.69) is 25.4 Å². The molecule has 0 radical (unpaired) electrons. The molecule has 3 heterocycles. The predicted octanol–water partition coefficient (Wildman–Crippen LogP) is 2.50. The highest BCUT2D eigenvalue weighted by Crippen LogP contribution is 2.30. The second-order valence-electron chi connectivity index (χ2n) is 6.99. The van der Waals surface area contributed by atoms with Crippen LogP contribution in [0.4, 0.5) is 0 Å². The van der Waals surface area contributed by atoms with Gasteiger partial charge in [-0.1, -0.05) is 19.0 Å². The van der Waals surface area contributed by atoms with E-state index in [1.54, 1.807) is 13.0 Å². The predicted molar refractivity (Wildman–Crippen MR) is 93.6 cm³/mol. The van der Waals surface area contributed by atoms with Crippen LogP contribution >= 0.6 is 0 Å². The summed E-state index contributed by atoms with van der Waals surface area (Å²) in [7, 11) is 0. The van der Waals surface area contributed by atoms with Gasteiger partial charge in [-0.05, 0) is 38.7 Å². The maximum Gasteiger partial charge on any atom is 0.270 e. The minimum Gasteiger partial charge on any atom is -0.381 e. The molecule has 1 aliphatic heterocycles. The third kappa shape index (κ3) is 4.24. The van der Waals surface area contributed by atoms with Gasteiger partial charge in [-0.25, -0.2) is 9.97 Å². The van der Waals surface area contributed by atoms with E-state index in [-0.39, 0.29) is 23.8 Å². The summed E-state index contributed by atoms with van der Waals surface area (Å²) in [6.45, 7) is 8.94. The molecule has 0 aliphatic carbocycles. The molecule has 1 saturated heterocycles. The van der Waals surface area contributed by atoms with Gasteiger partial charge in [-0.3, -0.25) is 4.79 Å². The Labute approximate surface area is 152 Å². The van der Waals surface area contributed by atoms with Crippen LogP contribution in [0.1, 0.15) is 72.4 Å². The molecule has 2 aromatic heterocycles. The molecule has 0 unspecified atom stereocenters. The number of rotatable bonds is 5. The topological polar surface area (TPSA) is 103 Å². The average molecular weight is 359 g/mol. The van der Waals surface area contributed by atoms with Crippen molar-refractivity contribution in [3.63, 3.8) is 0 Å². The van der Waals surface area contributed by atoms with Gasteiger partial charge < -0.3 is 14.6 Å². The Kier molecular flexibility index (Phi) is 5.61. The van der Waals surface area contributed by atoms with Gasteiger partial charge in [0.25, 0.3) is 5.91 Å². The lowest BCUT2D eigenvalue weighted by molar-refractivity contribution is 0.0467. The number of hydrogen-bond acceptors (Lipinski definition) is 7. The molecule has 0 bridgehead atoms. The van der Waals surface area contributed by atoms with Crippen molar-refractivity contribution < 1.29 is 14.1 Å². The first-order valence-electron chi connectivity index (χ1n) is 8.98. The van der Waals surface area contributed by atoms with Crippen molar-refractivity contribution in [1.29, 1.82) is 0 Å². The number of hydrogen-bond donors (Lipinski definition) is 1. The first kappa shape index (κ1) is 18.4. The van der Waals surface area contributed by atoms with Crippen LogP contribution in [-0.4, -0.2) is 39.2 Å². The Morgan fingerprint density at radius 1 is 1.19 bits per heavy atom. The molecule has 3 rings (SSSR count). The highest BCUT2D eigenvalue weighted by Gasteiger charge is 2.32. The molecule has 0 spiro atoms. The molecule has 140 valence electrons. The number of carbonyl (C=O) groups excluding carboxylic acids is 1. The molecular formula is C18H25N5O3. The van der Waals surface area contributed by atoms with E-state index in [1.807, 2.05) is 20.8 Å². The first-order valence-corrected chi connectivity index (χ1v) is 8.98. The zero-order valence-corrected chi connectivity index (χ0v) is 15.7. The second-order valence-corrected chi connectivity index (χ2v) is 6.99. The number of ether oxygens (including phenoxy) is 1. The van der Waals surface area contributed by atoms with E-state index >= 15 is 0 Å². The van der Waals surface area contributed by atoms with Crippen LogP contribution in [0.15, 0.2) is 10.6 Å². The Morgan fingerprint density at radius 3 is 2.54 bits per heavy atom. The third-order valence-electron chi connectivity index (χ3n) is 4.46. The molecule has 26 heavy (non-hydrogen) atoms. The Bertz CT molecular complexity index is 748. The van der Waals surface area contributed by atoms with E-state index in [4.69, 9.17) is 9.26 Å². The van der Waals surface area contributed by atoms with Gasteiger partial charge in [0.05, 0.1) is 0 Å². The number of nitrogens with zero attached hydrogens (tertiary/aromatic N) is 4. The van der Waals surface area contributed by atoms with Crippen LogP contribution in [0.5, 0.6) is 0 Å². The van der Waals surface area contributed by atoms with Gasteiger partial charge in [0, 0.05) is 24.8 Å². The summed E-state index contributed by atoms with van der Waals surface area (Å²) in [5.41, 5.74) is 1.10. The standard InChI is InChI=1S/C18H25N5O3/c1-10(2)16-22-18(26-23-16)15(13-5-7-25-8-6-13)21-17(24)14-9-11(3)19-12(4)20-14/h9-10,13,15H,5-8H2,1-4H3,(H,21,24)/t15-/m1/s1. The molecule has 0 saturated carbocycles. The molecule has 8 heteroatoms. The maximum absolute atomic E-state index is 12.8. The molecule has 0 aromatic carbocycles. The van der Waals surface area contributed by atoms with Crippen molar-refractivity contribution in [3.05, 3.63) is 35.0 Å². The molecule has 1 aliphatic rings. The van der Waals surface area contributed by atoms with E-state index in [0.717, 1.165) is 18.5 Å². The molecule has 8 nitrogen and oxygen atoms in total. The number of carbonyl (C=O) groups is 1. The van der Waals surface area contributed by atoms with Crippen molar-refractivity contribution in [2.45, 2.75) is 52.5 Å². The van der Waals surface area contributed by atoms with Crippen molar-refractivity contribution in [2.24, 2.45) is 5.92 Å². The average Bonchev–Trinajstić information content (AvgIpc) is 3.09. The molecular weight excluding hydrogens is 334 g/mol. The normalized spacial score (nSPS) is 16.7. The summed E-state index contributed by atoms with van der Waals surface area (Å²) in [6, 6.07) is 1.32. The molecule has 1 amide bonds. The largest absolute Gasteiger partial charge is 0.381 e. The lowest BCUT2D eigenvalue weighted by atomic mass is 9.91. The molecule has 2 aromatic rings. The summed E-state index contributed by atoms with van der Waals surface area (Å²) < 4.78 is 10.9. The third-order valence-corrected chi connectivity index (χ3v) is 4.46. The fraction of sp³-hybridized carbons (Fsp3) is 0.611. The highest BCUT2D eigenvalue weighted by atomic mass is 16.5. The van der Waals surface area contributed by atoms with Gasteiger partial charge in [0.2, 0.25) is 5.89 Å². The van der Waals surface area contributed by atoms with Crippen LogP contribution < -0.4 is 5.32 Å². The number of aromatic nitrogens is 4. The second kappa shape index (κ2) is 7.90. The van der Waals surface area contributed by atoms with Gasteiger partial charge in [0.1, 0.15) is 17.6 Å². The summed E-state index contributed by atoms with van der Waals surface area (Å²) in [4.78, 5) is 25.8. The molecule has 1 fully saturated rings. The van der Waals surface area contributed by atoms with E-state index in [9.17, 15) is 4.79 Å². The number of nitrogens with one attached hydrogen (secondary N) is 1. The van der Waals surface area contributed by atoms with E-state index < -0.39 is 0 Å². The van der Waals surface area contributed by atoms with Crippen LogP contribution in [0.3, 0.4) is 0 Å². The lowest BCUT2D eigenvalue weighted by Gasteiger charge is -2.28. The summed E-state index contributed by atoms with van der Waals surface area (Å²) >= 11 is 0. The fourth-order valence-corrected chi connectivity index (χ4v) is 3.09. The van der Waals surface area contributed by atoms with Crippen LogP contribution in [0.2, 0.25) is 0 Å². The fourth-order valence-electron chi connectivity index (χ4n) is 3.09. The van der Waals surface area contributed by atoms with Gasteiger partial charge in [0.15, 0.2) is 5.82 Å². The maximum atomic E-state index is 12.8. The Morgan fingerprint density at radius 2 is 1.92 bits per heavy atom. The van der Waals surface area contributed by atoms with Gasteiger partial charge in [-0.2, -0.15) is 4.98 Å². The Hall–Kier alpha value is -2.35. The van der Waals surface area contributed by atoms with Gasteiger partial charge >= 0.3 is 0 Å². The van der Waals surface area contributed by atoms with Crippen LogP contribution in [-0.2, 0) is 4.74 Å². The monoisotopic (exact) mass is 359 g/mol. The number of amides is 1. The quantitative estimate of drug-likeness (QED) is 0.875. The smallest absolute Gasteiger partial charge is 0.270 e. The SMILES string of the molecule is Cc1cc(C(=O)N[C@@H](c2nc(C(C)C)no2)C2CCOCC2)nc(C)n1. The highest BCUT2D eigenvalue weighted by molar-refractivity contribution is 5.92. The number of aryl methyl sites for hydroxylation is 2. The van der Waals surface area contributed by atoms with Crippen molar-refractivity contribution in [1.82, 2.24) is 25.4 Å².